The molecule has 1 aromatic carbocycles. The van der Waals surface area contributed by atoms with Gasteiger partial charge in [0.25, 0.3) is 0 Å². The molecule has 1 aromatic rings. The van der Waals surface area contributed by atoms with Crippen LogP contribution < -0.4 is 10.1 Å². The Bertz CT molecular complexity index is 420. The maximum Gasteiger partial charge on any atom is 0.125 e. The van der Waals surface area contributed by atoms with Crippen LogP contribution >= 0.6 is 0 Å². The van der Waals surface area contributed by atoms with Gasteiger partial charge in [-0.05, 0) is 19.9 Å². The van der Waals surface area contributed by atoms with Gasteiger partial charge in [-0.25, -0.2) is 0 Å². The van der Waals surface area contributed by atoms with Crippen LogP contribution in [0.1, 0.15) is 25.5 Å². The van der Waals surface area contributed by atoms with Gasteiger partial charge in [-0.15, -0.1) is 0 Å². The molecule has 0 amide bonds. The Hall–Kier alpha value is -1.10. The summed E-state index contributed by atoms with van der Waals surface area (Å²) >= 11 is 0. The first-order chi connectivity index (χ1) is 9.08. The van der Waals surface area contributed by atoms with Crippen molar-refractivity contribution in [2.75, 3.05) is 27.4 Å². The molecule has 0 saturated carbocycles. The first-order valence-electron chi connectivity index (χ1n) is 6.61. The summed E-state index contributed by atoms with van der Waals surface area (Å²) in [4.78, 5) is 0. The maximum absolute atomic E-state index is 6.00. The first kappa shape index (κ1) is 14.3. The van der Waals surface area contributed by atoms with E-state index in [-0.39, 0.29) is 17.7 Å². The van der Waals surface area contributed by atoms with E-state index in [0.717, 1.165) is 12.3 Å². The number of para-hydroxylation sites is 1. The van der Waals surface area contributed by atoms with Crippen LogP contribution in [-0.4, -0.2) is 39.1 Å². The molecule has 2 atom stereocenters. The third kappa shape index (κ3) is 3.08. The predicted octanol–water partition coefficient (Wildman–Crippen LogP) is 2.15. The Morgan fingerprint density at radius 1 is 1.32 bits per heavy atom. The van der Waals surface area contributed by atoms with Gasteiger partial charge < -0.3 is 19.5 Å². The van der Waals surface area contributed by atoms with Gasteiger partial charge in [0.15, 0.2) is 0 Å². The molecule has 0 spiro atoms. The smallest absolute Gasteiger partial charge is 0.125 e. The topological polar surface area (TPSA) is 39.7 Å². The molecule has 1 heterocycles. The third-order valence-corrected chi connectivity index (χ3v) is 3.53. The van der Waals surface area contributed by atoms with Gasteiger partial charge in [-0.3, -0.25) is 0 Å². The molecular weight excluding hydrogens is 242 g/mol. The zero-order valence-corrected chi connectivity index (χ0v) is 12.1. The molecule has 4 nitrogen and oxygen atoms in total. The lowest BCUT2D eigenvalue weighted by Gasteiger charge is -2.28. The molecule has 1 aliphatic rings. The minimum absolute atomic E-state index is 0.0496. The molecule has 0 bridgehead atoms. The van der Waals surface area contributed by atoms with Gasteiger partial charge in [0, 0.05) is 26.3 Å². The third-order valence-electron chi connectivity index (χ3n) is 3.53. The van der Waals surface area contributed by atoms with E-state index >= 15 is 0 Å². The van der Waals surface area contributed by atoms with E-state index in [9.17, 15) is 0 Å². The molecule has 106 valence electrons. The highest BCUT2D eigenvalue weighted by Gasteiger charge is 2.40. The number of benzene rings is 1. The fourth-order valence-corrected chi connectivity index (χ4v) is 2.53. The van der Waals surface area contributed by atoms with Crippen molar-refractivity contribution in [3.63, 3.8) is 0 Å². The van der Waals surface area contributed by atoms with E-state index in [4.69, 9.17) is 14.2 Å². The summed E-state index contributed by atoms with van der Waals surface area (Å²) in [6, 6.07) is 8.33. The fourth-order valence-electron chi connectivity index (χ4n) is 2.53. The van der Waals surface area contributed by atoms with Crippen LogP contribution in [0.2, 0.25) is 0 Å². The van der Waals surface area contributed by atoms with Crippen LogP contribution in [0.25, 0.3) is 0 Å². The number of hydrogen-bond donors (Lipinski definition) is 1. The van der Waals surface area contributed by atoms with Crippen molar-refractivity contribution >= 4 is 0 Å². The summed E-state index contributed by atoms with van der Waals surface area (Å²) in [6.45, 7) is 5.51. The van der Waals surface area contributed by atoms with E-state index in [0.29, 0.717) is 6.61 Å². The molecule has 4 heteroatoms. The lowest BCUT2D eigenvalue weighted by Crippen LogP contribution is -2.43. The molecule has 0 fully saturated rings. The van der Waals surface area contributed by atoms with E-state index < -0.39 is 0 Å². The summed E-state index contributed by atoms with van der Waals surface area (Å²) in [5.74, 6) is 0.964. The van der Waals surface area contributed by atoms with Gasteiger partial charge in [-0.1, -0.05) is 18.2 Å². The van der Waals surface area contributed by atoms with Gasteiger partial charge in [0.2, 0.25) is 0 Å². The van der Waals surface area contributed by atoms with E-state index in [1.165, 1.54) is 5.56 Å². The van der Waals surface area contributed by atoms with Crippen molar-refractivity contribution in [3.8, 4) is 5.75 Å². The summed E-state index contributed by atoms with van der Waals surface area (Å²) in [5, 5.41) is 3.53. The lowest BCUT2D eigenvalue weighted by atomic mass is 9.94. The molecule has 0 saturated heterocycles. The largest absolute Gasteiger partial charge is 0.486 e. The molecule has 1 aliphatic heterocycles. The molecule has 0 radical (unpaired) electrons. The van der Waals surface area contributed by atoms with Crippen molar-refractivity contribution < 1.29 is 14.2 Å². The second-order valence-corrected chi connectivity index (χ2v) is 5.40. The van der Waals surface area contributed by atoms with E-state index in [2.05, 4.69) is 25.2 Å². The highest BCUT2D eigenvalue weighted by Crippen LogP contribution is 2.42. The Morgan fingerprint density at radius 2 is 2.05 bits per heavy atom. The monoisotopic (exact) mass is 265 g/mol. The normalized spacial score (nSPS) is 21.8. The lowest BCUT2D eigenvalue weighted by molar-refractivity contribution is 0.0205. The van der Waals surface area contributed by atoms with Crippen LogP contribution in [0.15, 0.2) is 24.3 Å². The SMILES string of the molecule is COCC(CNC1c2ccccc2OC1(C)C)OC. The van der Waals surface area contributed by atoms with E-state index in [1.54, 1.807) is 14.2 Å². The van der Waals surface area contributed by atoms with Gasteiger partial charge in [-0.2, -0.15) is 0 Å². The molecule has 19 heavy (non-hydrogen) atoms. The van der Waals surface area contributed by atoms with Crippen LogP contribution in [0.3, 0.4) is 0 Å². The minimum atomic E-state index is -0.255. The average molecular weight is 265 g/mol. The first-order valence-corrected chi connectivity index (χ1v) is 6.61. The quantitative estimate of drug-likeness (QED) is 0.855. The van der Waals surface area contributed by atoms with Crippen molar-refractivity contribution in [1.29, 1.82) is 0 Å². The Morgan fingerprint density at radius 3 is 2.74 bits per heavy atom. The highest BCUT2D eigenvalue weighted by atomic mass is 16.5. The van der Waals surface area contributed by atoms with Gasteiger partial charge in [0.05, 0.1) is 18.8 Å². The number of hydrogen-bond acceptors (Lipinski definition) is 4. The summed E-state index contributed by atoms with van der Waals surface area (Å²) in [7, 11) is 3.39. The van der Waals surface area contributed by atoms with Crippen LogP contribution in [0.4, 0.5) is 0 Å². The maximum atomic E-state index is 6.00. The Labute approximate surface area is 115 Å². The number of ether oxygens (including phenoxy) is 3. The number of fused-ring (bicyclic) bond motifs is 1. The van der Waals surface area contributed by atoms with Crippen molar-refractivity contribution in [2.24, 2.45) is 0 Å². The second kappa shape index (κ2) is 5.90. The van der Waals surface area contributed by atoms with E-state index in [1.807, 2.05) is 18.2 Å². The molecule has 0 aromatic heterocycles. The molecule has 1 N–H and O–H groups in total. The highest BCUT2D eigenvalue weighted by molar-refractivity contribution is 5.42. The second-order valence-electron chi connectivity index (χ2n) is 5.40. The summed E-state index contributed by atoms with van der Waals surface area (Å²) < 4.78 is 16.5. The molecule has 2 unspecified atom stereocenters. The van der Waals surface area contributed by atoms with Gasteiger partial charge in [0.1, 0.15) is 11.4 Å². The van der Waals surface area contributed by atoms with Crippen molar-refractivity contribution in [3.05, 3.63) is 29.8 Å². The van der Waals surface area contributed by atoms with Crippen LogP contribution in [-0.2, 0) is 9.47 Å². The molecular formula is C15H23NO3. The number of rotatable bonds is 6. The van der Waals surface area contributed by atoms with Crippen LogP contribution in [0, 0.1) is 0 Å². The zero-order valence-electron chi connectivity index (χ0n) is 12.1. The number of nitrogens with one attached hydrogen (secondary N) is 1. The van der Waals surface area contributed by atoms with Crippen LogP contribution in [0.5, 0.6) is 5.75 Å². The minimum Gasteiger partial charge on any atom is -0.486 e. The van der Waals surface area contributed by atoms with Crippen molar-refractivity contribution in [2.45, 2.75) is 31.6 Å². The molecule has 2 rings (SSSR count). The zero-order chi connectivity index (χ0) is 13.9. The molecule has 0 aliphatic carbocycles. The van der Waals surface area contributed by atoms with Crippen molar-refractivity contribution in [1.82, 2.24) is 5.32 Å². The fraction of sp³-hybridized carbons (Fsp3) is 0.600. The predicted molar refractivity (Wildman–Crippen MR) is 74.6 cm³/mol. The number of methoxy groups -OCH3 is 2. The standard InChI is InChI=1S/C15H23NO3/c1-15(2)14(16-9-11(18-4)10-17-3)12-7-5-6-8-13(12)19-15/h5-8,11,14,16H,9-10H2,1-4H3. The average Bonchev–Trinajstić information content (AvgIpc) is 2.64. The Balaban J connectivity index is 2.06. The summed E-state index contributed by atoms with van der Waals surface area (Å²) in [6.07, 6.45) is 0.0496. The Kier molecular flexibility index (Phi) is 4.45. The van der Waals surface area contributed by atoms with Gasteiger partial charge >= 0.3 is 0 Å². The summed E-state index contributed by atoms with van der Waals surface area (Å²) in [5.41, 5.74) is 0.953.